The molecule has 2 rings (SSSR count). The van der Waals surface area contributed by atoms with E-state index in [4.69, 9.17) is 11.6 Å². The van der Waals surface area contributed by atoms with Gasteiger partial charge in [-0.25, -0.2) is 4.39 Å². The summed E-state index contributed by atoms with van der Waals surface area (Å²) in [6.07, 6.45) is 1.12. The van der Waals surface area contributed by atoms with Crippen LogP contribution in [0.5, 0.6) is 0 Å². The Balaban J connectivity index is 2.03. The van der Waals surface area contributed by atoms with Gasteiger partial charge in [0.1, 0.15) is 5.82 Å². The SMILES string of the molecule is CC1(C)CCSC(=NCc2ccc(F)c(Cl)c2)N1. The van der Waals surface area contributed by atoms with E-state index in [1.807, 2.05) is 0 Å². The molecule has 0 amide bonds. The van der Waals surface area contributed by atoms with Crippen LogP contribution in [0.4, 0.5) is 4.39 Å². The minimum absolute atomic E-state index is 0.102. The molecule has 1 aromatic rings. The first kappa shape index (κ1) is 13.7. The van der Waals surface area contributed by atoms with Gasteiger partial charge < -0.3 is 5.32 Å². The molecule has 18 heavy (non-hydrogen) atoms. The lowest BCUT2D eigenvalue weighted by Gasteiger charge is -2.32. The first-order valence-electron chi connectivity index (χ1n) is 5.86. The molecular formula is C13H16ClFN2S. The van der Waals surface area contributed by atoms with Crippen molar-refractivity contribution in [3.63, 3.8) is 0 Å². The van der Waals surface area contributed by atoms with Crippen LogP contribution in [0, 0.1) is 5.82 Å². The molecule has 0 unspecified atom stereocenters. The monoisotopic (exact) mass is 286 g/mol. The summed E-state index contributed by atoms with van der Waals surface area (Å²) in [5.41, 5.74) is 1.02. The third-order valence-corrected chi connectivity index (χ3v) is 4.00. The molecule has 0 aliphatic carbocycles. The van der Waals surface area contributed by atoms with E-state index in [1.54, 1.807) is 23.9 Å². The van der Waals surface area contributed by atoms with Gasteiger partial charge >= 0.3 is 0 Å². The van der Waals surface area contributed by atoms with Gasteiger partial charge in [0.25, 0.3) is 0 Å². The topological polar surface area (TPSA) is 24.4 Å². The molecule has 0 radical (unpaired) electrons. The maximum Gasteiger partial charge on any atom is 0.157 e. The fourth-order valence-electron chi connectivity index (χ4n) is 1.68. The maximum absolute atomic E-state index is 13.0. The fourth-order valence-corrected chi connectivity index (χ4v) is 3.19. The summed E-state index contributed by atoms with van der Waals surface area (Å²) in [6.45, 7) is 4.85. The van der Waals surface area contributed by atoms with Gasteiger partial charge in [-0.15, -0.1) is 0 Å². The molecule has 1 heterocycles. The van der Waals surface area contributed by atoms with Gasteiger partial charge in [0.15, 0.2) is 5.17 Å². The van der Waals surface area contributed by atoms with Crippen LogP contribution in [0.3, 0.4) is 0 Å². The van der Waals surface area contributed by atoms with Crippen LogP contribution in [0.1, 0.15) is 25.8 Å². The number of hydrogen-bond acceptors (Lipinski definition) is 2. The zero-order valence-corrected chi connectivity index (χ0v) is 12.0. The van der Waals surface area contributed by atoms with E-state index in [0.29, 0.717) is 6.54 Å². The molecule has 1 aliphatic rings. The highest BCUT2D eigenvalue weighted by molar-refractivity contribution is 8.13. The smallest absolute Gasteiger partial charge is 0.157 e. The number of rotatable bonds is 2. The molecule has 0 bridgehead atoms. The van der Waals surface area contributed by atoms with E-state index >= 15 is 0 Å². The summed E-state index contributed by atoms with van der Waals surface area (Å²) >= 11 is 7.46. The number of nitrogens with zero attached hydrogens (tertiary/aromatic N) is 1. The highest BCUT2D eigenvalue weighted by atomic mass is 35.5. The van der Waals surface area contributed by atoms with Crippen LogP contribution < -0.4 is 5.32 Å². The van der Waals surface area contributed by atoms with Gasteiger partial charge in [0.05, 0.1) is 11.6 Å². The molecule has 1 aromatic carbocycles. The molecule has 1 aliphatic heterocycles. The van der Waals surface area contributed by atoms with Crippen molar-refractivity contribution in [2.24, 2.45) is 4.99 Å². The summed E-state index contributed by atoms with van der Waals surface area (Å²) in [5, 5.41) is 4.50. The summed E-state index contributed by atoms with van der Waals surface area (Å²) in [6, 6.07) is 4.72. The van der Waals surface area contributed by atoms with Crippen molar-refractivity contribution in [1.82, 2.24) is 5.32 Å². The molecule has 1 saturated heterocycles. The molecule has 5 heteroatoms. The maximum atomic E-state index is 13.0. The summed E-state index contributed by atoms with van der Waals surface area (Å²) < 4.78 is 13.0. The van der Waals surface area contributed by atoms with Gasteiger partial charge in [-0.2, -0.15) is 0 Å². The number of benzene rings is 1. The predicted molar refractivity (Wildman–Crippen MR) is 76.8 cm³/mol. The van der Waals surface area contributed by atoms with E-state index in [-0.39, 0.29) is 16.4 Å². The second-order valence-corrected chi connectivity index (χ2v) is 6.47. The highest BCUT2D eigenvalue weighted by Crippen LogP contribution is 2.22. The molecule has 0 aromatic heterocycles. The van der Waals surface area contributed by atoms with Gasteiger partial charge in [-0.3, -0.25) is 4.99 Å². The summed E-state index contributed by atoms with van der Waals surface area (Å²) in [5.74, 6) is 0.683. The second kappa shape index (κ2) is 5.49. The Labute approximate surface area is 116 Å². The van der Waals surface area contributed by atoms with Crippen molar-refractivity contribution in [1.29, 1.82) is 0 Å². The largest absolute Gasteiger partial charge is 0.360 e. The lowest BCUT2D eigenvalue weighted by Crippen LogP contribution is -2.46. The van der Waals surface area contributed by atoms with Crippen molar-refractivity contribution in [3.8, 4) is 0 Å². The van der Waals surface area contributed by atoms with Crippen LogP contribution in [0.2, 0.25) is 5.02 Å². The fraction of sp³-hybridized carbons (Fsp3) is 0.462. The molecular weight excluding hydrogens is 271 g/mol. The summed E-state index contributed by atoms with van der Waals surface area (Å²) in [7, 11) is 0. The number of aliphatic imine (C=N–C) groups is 1. The van der Waals surface area contributed by atoms with Crippen LogP contribution in [-0.2, 0) is 6.54 Å². The van der Waals surface area contributed by atoms with Crippen LogP contribution >= 0.6 is 23.4 Å². The van der Waals surface area contributed by atoms with E-state index in [1.165, 1.54) is 6.07 Å². The molecule has 0 spiro atoms. The van der Waals surface area contributed by atoms with Crippen molar-refractivity contribution >= 4 is 28.5 Å². The molecule has 0 atom stereocenters. The molecule has 98 valence electrons. The number of thioether (sulfide) groups is 1. The predicted octanol–water partition coefficient (Wildman–Crippen LogP) is 3.84. The first-order valence-corrected chi connectivity index (χ1v) is 7.22. The third-order valence-electron chi connectivity index (χ3n) is 2.80. The average Bonchev–Trinajstić information content (AvgIpc) is 2.29. The average molecular weight is 287 g/mol. The van der Waals surface area contributed by atoms with Gasteiger partial charge in [0, 0.05) is 11.3 Å². The van der Waals surface area contributed by atoms with E-state index in [2.05, 4.69) is 24.2 Å². The molecule has 1 N–H and O–H groups in total. The van der Waals surface area contributed by atoms with Crippen molar-refractivity contribution in [2.75, 3.05) is 5.75 Å². The van der Waals surface area contributed by atoms with Gasteiger partial charge in [-0.1, -0.05) is 29.4 Å². The Morgan fingerprint density at radius 1 is 1.50 bits per heavy atom. The van der Waals surface area contributed by atoms with Crippen molar-refractivity contribution in [2.45, 2.75) is 32.4 Å². The van der Waals surface area contributed by atoms with E-state index in [0.717, 1.165) is 22.9 Å². The quantitative estimate of drug-likeness (QED) is 0.893. The molecule has 2 nitrogen and oxygen atoms in total. The number of amidine groups is 1. The van der Waals surface area contributed by atoms with E-state index < -0.39 is 0 Å². The first-order chi connectivity index (χ1) is 8.46. The molecule has 0 saturated carbocycles. The Morgan fingerprint density at radius 2 is 2.28 bits per heavy atom. The summed E-state index contributed by atoms with van der Waals surface area (Å²) in [4.78, 5) is 4.51. The second-order valence-electron chi connectivity index (χ2n) is 4.98. The highest BCUT2D eigenvalue weighted by Gasteiger charge is 2.23. The Kier molecular flexibility index (Phi) is 4.17. The number of hydrogen-bond donors (Lipinski definition) is 1. The molecule has 1 fully saturated rings. The van der Waals surface area contributed by atoms with Crippen LogP contribution in [0.15, 0.2) is 23.2 Å². The Bertz CT molecular complexity index is 474. The minimum atomic E-state index is -0.389. The standard InChI is InChI=1S/C13H16ClFN2S/c1-13(2)5-6-18-12(17-13)16-8-9-3-4-11(15)10(14)7-9/h3-4,7H,5-6,8H2,1-2H3,(H,16,17). The van der Waals surface area contributed by atoms with Gasteiger partial charge in [0.2, 0.25) is 0 Å². The van der Waals surface area contributed by atoms with Crippen LogP contribution in [0.25, 0.3) is 0 Å². The Morgan fingerprint density at radius 3 is 2.94 bits per heavy atom. The lowest BCUT2D eigenvalue weighted by molar-refractivity contribution is 0.446. The zero-order chi connectivity index (χ0) is 13.2. The normalized spacial score (nSPS) is 20.8. The van der Waals surface area contributed by atoms with Crippen molar-refractivity contribution in [3.05, 3.63) is 34.6 Å². The third kappa shape index (κ3) is 3.62. The number of nitrogens with one attached hydrogen (secondary N) is 1. The lowest BCUT2D eigenvalue weighted by atomic mass is 10.0. The van der Waals surface area contributed by atoms with E-state index in [9.17, 15) is 4.39 Å². The van der Waals surface area contributed by atoms with Crippen molar-refractivity contribution < 1.29 is 4.39 Å². The zero-order valence-electron chi connectivity index (χ0n) is 10.5. The van der Waals surface area contributed by atoms with Gasteiger partial charge in [-0.05, 0) is 38.0 Å². The number of halogens is 2. The minimum Gasteiger partial charge on any atom is -0.360 e. The Hall–Kier alpha value is -0.740. The van der Waals surface area contributed by atoms with Crippen LogP contribution in [-0.4, -0.2) is 16.5 Å².